The molecular weight excluding hydrogens is 182 g/mol. The van der Waals surface area contributed by atoms with Gasteiger partial charge in [0.15, 0.2) is 0 Å². The second-order valence-corrected chi connectivity index (χ2v) is 2.83. The molecule has 0 heterocycles. The topological polar surface area (TPSA) is 26.0 Å². The van der Waals surface area contributed by atoms with Gasteiger partial charge in [0.05, 0.1) is 0 Å². The monoisotopic (exact) mass is 199 g/mol. The van der Waals surface area contributed by atoms with Crippen LogP contribution in [0.5, 0.6) is 0 Å². The minimum atomic E-state index is 0.622. The first-order chi connectivity index (χ1) is 7.15. The van der Waals surface area contributed by atoms with Gasteiger partial charge < -0.3 is 5.73 Å². The summed E-state index contributed by atoms with van der Waals surface area (Å²) < 4.78 is 0. The van der Waals surface area contributed by atoms with E-state index in [0.717, 1.165) is 11.1 Å². The van der Waals surface area contributed by atoms with E-state index in [2.05, 4.69) is 26.3 Å². The first-order valence-corrected chi connectivity index (χ1v) is 4.56. The molecular formula is C14H17N. The molecule has 0 saturated heterocycles. The fraction of sp³-hybridized carbons (Fsp3) is 0. The van der Waals surface area contributed by atoms with Gasteiger partial charge in [0, 0.05) is 5.70 Å². The van der Waals surface area contributed by atoms with Crippen molar-refractivity contribution in [2.24, 2.45) is 5.73 Å². The molecule has 0 atom stereocenters. The summed E-state index contributed by atoms with van der Waals surface area (Å²) in [7, 11) is 0. The molecule has 0 radical (unpaired) electrons. The lowest BCUT2D eigenvalue weighted by molar-refractivity contribution is 1.39. The van der Waals surface area contributed by atoms with Crippen molar-refractivity contribution in [3.8, 4) is 0 Å². The van der Waals surface area contributed by atoms with E-state index in [4.69, 9.17) is 5.73 Å². The van der Waals surface area contributed by atoms with Gasteiger partial charge in [-0.3, -0.25) is 0 Å². The summed E-state index contributed by atoms with van der Waals surface area (Å²) in [5.74, 6) is 0. The average Bonchev–Trinajstić information content (AvgIpc) is 2.23. The van der Waals surface area contributed by atoms with Crippen LogP contribution in [0.4, 0.5) is 0 Å². The van der Waals surface area contributed by atoms with Crippen LogP contribution < -0.4 is 5.73 Å². The van der Waals surface area contributed by atoms with Gasteiger partial charge in [0.1, 0.15) is 0 Å². The van der Waals surface area contributed by atoms with Gasteiger partial charge in [0.2, 0.25) is 0 Å². The third kappa shape index (κ3) is 5.32. The molecule has 0 aromatic heterocycles. The number of hydrogen-bond acceptors (Lipinski definition) is 1. The fourth-order valence-electron chi connectivity index (χ4n) is 0.901. The zero-order valence-electron chi connectivity index (χ0n) is 8.95. The van der Waals surface area contributed by atoms with E-state index in [1.54, 1.807) is 24.3 Å². The van der Waals surface area contributed by atoms with Crippen molar-refractivity contribution < 1.29 is 0 Å². The predicted molar refractivity (Wildman–Crippen MR) is 69.2 cm³/mol. The van der Waals surface area contributed by atoms with Crippen LogP contribution in [0.1, 0.15) is 0 Å². The van der Waals surface area contributed by atoms with Crippen LogP contribution in [0.3, 0.4) is 0 Å². The first kappa shape index (κ1) is 13.0. The molecule has 0 aliphatic heterocycles. The molecule has 0 aliphatic carbocycles. The Bertz CT molecular complexity index is 352. The molecule has 0 saturated carbocycles. The molecule has 0 unspecified atom stereocenters. The molecule has 0 aliphatic rings. The normalized spacial score (nSPS) is 12.5. The summed E-state index contributed by atoms with van der Waals surface area (Å²) in [5.41, 5.74) is 8.07. The minimum Gasteiger partial charge on any atom is -0.399 e. The van der Waals surface area contributed by atoms with Crippen LogP contribution in [-0.2, 0) is 0 Å². The van der Waals surface area contributed by atoms with E-state index in [9.17, 15) is 0 Å². The average molecular weight is 199 g/mol. The Kier molecular flexibility index (Phi) is 6.39. The van der Waals surface area contributed by atoms with Gasteiger partial charge in [-0.2, -0.15) is 0 Å². The van der Waals surface area contributed by atoms with Crippen molar-refractivity contribution in [1.82, 2.24) is 0 Å². The van der Waals surface area contributed by atoms with Gasteiger partial charge in [-0.25, -0.2) is 0 Å². The zero-order valence-corrected chi connectivity index (χ0v) is 8.95. The fourth-order valence-corrected chi connectivity index (χ4v) is 0.901. The maximum absolute atomic E-state index is 5.73. The summed E-state index contributed by atoms with van der Waals surface area (Å²) in [4.78, 5) is 0. The lowest BCUT2D eigenvalue weighted by atomic mass is 10.1. The second kappa shape index (κ2) is 7.39. The van der Waals surface area contributed by atoms with Gasteiger partial charge in [-0.15, -0.1) is 0 Å². The molecule has 0 aromatic carbocycles. The molecule has 0 rings (SSSR count). The van der Waals surface area contributed by atoms with Crippen LogP contribution in [0.2, 0.25) is 0 Å². The van der Waals surface area contributed by atoms with Gasteiger partial charge in [-0.1, -0.05) is 56.7 Å². The van der Waals surface area contributed by atoms with Crippen molar-refractivity contribution in [1.29, 1.82) is 0 Å². The Labute approximate surface area is 92.0 Å². The van der Waals surface area contributed by atoms with E-state index in [1.807, 2.05) is 18.2 Å². The van der Waals surface area contributed by atoms with Crippen molar-refractivity contribution in [2.45, 2.75) is 0 Å². The van der Waals surface area contributed by atoms with Crippen LogP contribution >= 0.6 is 0 Å². The Balaban J connectivity index is 5.08. The van der Waals surface area contributed by atoms with Gasteiger partial charge in [0.25, 0.3) is 0 Å². The van der Waals surface area contributed by atoms with Crippen molar-refractivity contribution in [3.05, 3.63) is 85.7 Å². The highest BCUT2D eigenvalue weighted by Gasteiger charge is 1.94. The van der Waals surface area contributed by atoms with E-state index < -0.39 is 0 Å². The number of allylic oxidation sites excluding steroid dienone is 9. The van der Waals surface area contributed by atoms with E-state index in [1.165, 1.54) is 0 Å². The van der Waals surface area contributed by atoms with E-state index in [0.29, 0.717) is 5.70 Å². The molecule has 15 heavy (non-hydrogen) atoms. The molecule has 0 amide bonds. The largest absolute Gasteiger partial charge is 0.399 e. The lowest BCUT2D eigenvalue weighted by Crippen LogP contribution is -1.94. The van der Waals surface area contributed by atoms with Crippen LogP contribution in [-0.4, -0.2) is 0 Å². The Hall–Kier alpha value is -2.02. The summed E-state index contributed by atoms with van der Waals surface area (Å²) in [6.45, 7) is 14.7. The molecule has 78 valence electrons. The number of rotatable bonds is 6. The zero-order chi connectivity index (χ0) is 11.7. The van der Waals surface area contributed by atoms with E-state index in [-0.39, 0.29) is 0 Å². The van der Waals surface area contributed by atoms with Crippen LogP contribution in [0, 0.1) is 0 Å². The van der Waals surface area contributed by atoms with Crippen LogP contribution in [0.25, 0.3) is 0 Å². The Morgan fingerprint density at radius 3 is 2.20 bits per heavy atom. The maximum atomic E-state index is 5.73. The number of nitrogens with two attached hydrogens (primary N) is 1. The lowest BCUT2D eigenvalue weighted by Gasteiger charge is -2.01. The quantitative estimate of drug-likeness (QED) is 0.652. The second-order valence-electron chi connectivity index (χ2n) is 2.83. The minimum absolute atomic E-state index is 0.622. The SMILES string of the molecule is C=C\C=C/C(=C/C(N)=C\C=C)C(=C)C=C. The van der Waals surface area contributed by atoms with Crippen molar-refractivity contribution in [2.75, 3.05) is 0 Å². The third-order valence-corrected chi connectivity index (χ3v) is 1.66. The third-order valence-electron chi connectivity index (χ3n) is 1.66. The van der Waals surface area contributed by atoms with Crippen molar-refractivity contribution >= 4 is 0 Å². The summed E-state index contributed by atoms with van der Waals surface area (Å²) in [6.07, 6.45) is 12.2. The highest BCUT2D eigenvalue weighted by atomic mass is 14.5. The van der Waals surface area contributed by atoms with Crippen molar-refractivity contribution in [3.63, 3.8) is 0 Å². The molecule has 0 aromatic rings. The predicted octanol–water partition coefficient (Wildman–Crippen LogP) is 3.43. The molecule has 0 bridgehead atoms. The highest BCUT2D eigenvalue weighted by Crippen LogP contribution is 2.12. The molecule has 1 heteroatoms. The van der Waals surface area contributed by atoms with E-state index >= 15 is 0 Å². The summed E-state index contributed by atoms with van der Waals surface area (Å²) in [5, 5.41) is 0. The highest BCUT2D eigenvalue weighted by molar-refractivity contribution is 5.47. The molecule has 2 N–H and O–H groups in total. The maximum Gasteiger partial charge on any atom is 0.0319 e. The Morgan fingerprint density at radius 1 is 1.07 bits per heavy atom. The number of hydrogen-bond donors (Lipinski definition) is 1. The van der Waals surface area contributed by atoms with Gasteiger partial charge >= 0.3 is 0 Å². The van der Waals surface area contributed by atoms with Gasteiger partial charge in [-0.05, 0) is 23.3 Å². The summed E-state index contributed by atoms with van der Waals surface area (Å²) >= 11 is 0. The molecule has 1 nitrogen and oxygen atoms in total. The van der Waals surface area contributed by atoms with Crippen LogP contribution in [0.15, 0.2) is 85.7 Å². The molecule has 0 spiro atoms. The summed E-state index contributed by atoms with van der Waals surface area (Å²) in [6, 6.07) is 0. The standard InChI is InChI=1S/C14H17N/c1-5-8-10-13(12(4)7-3)11-14(15)9-6-2/h5-11H,1-4,15H2/b10-8-,13-11-,14-9+. The smallest absolute Gasteiger partial charge is 0.0319 e. The Morgan fingerprint density at radius 2 is 1.73 bits per heavy atom. The first-order valence-electron chi connectivity index (χ1n) is 4.56. The molecule has 0 fully saturated rings.